The quantitative estimate of drug-likeness (QED) is 0.656. The molecule has 0 spiro atoms. The number of aryl methyl sites for hydroxylation is 1. The maximum Gasteiger partial charge on any atom is 0.225 e. The van der Waals surface area contributed by atoms with Crippen molar-refractivity contribution in [3.05, 3.63) is 29.6 Å². The SMILES string of the molecule is Cc1nsc(SCCC(=O)Nc2cccc(N)c2C)n1. The van der Waals surface area contributed by atoms with Crippen LogP contribution >= 0.6 is 23.3 Å². The summed E-state index contributed by atoms with van der Waals surface area (Å²) in [4.78, 5) is 16.1. The van der Waals surface area contributed by atoms with E-state index in [9.17, 15) is 4.79 Å². The number of nitrogens with two attached hydrogens (primary N) is 1. The van der Waals surface area contributed by atoms with E-state index in [-0.39, 0.29) is 5.91 Å². The lowest BCUT2D eigenvalue weighted by Crippen LogP contribution is -2.13. The number of nitrogen functional groups attached to an aromatic ring is 1. The normalized spacial score (nSPS) is 10.5. The zero-order valence-electron chi connectivity index (χ0n) is 11.3. The molecule has 3 N–H and O–H groups in total. The molecule has 0 aliphatic heterocycles. The molecule has 0 fully saturated rings. The van der Waals surface area contributed by atoms with Crippen molar-refractivity contribution in [3.8, 4) is 0 Å². The summed E-state index contributed by atoms with van der Waals surface area (Å²) < 4.78 is 5.00. The van der Waals surface area contributed by atoms with Crippen molar-refractivity contribution in [1.29, 1.82) is 0 Å². The highest BCUT2D eigenvalue weighted by Gasteiger charge is 2.07. The molecule has 1 aromatic heterocycles. The van der Waals surface area contributed by atoms with Gasteiger partial charge >= 0.3 is 0 Å². The Morgan fingerprint density at radius 1 is 1.45 bits per heavy atom. The van der Waals surface area contributed by atoms with Gasteiger partial charge in [-0.3, -0.25) is 4.79 Å². The van der Waals surface area contributed by atoms with Crippen molar-refractivity contribution < 1.29 is 4.79 Å². The van der Waals surface area contributed by atoms with Gasteiger partial charge in [-0.25, -0.2) is 4.98 Å². The average molecular weight is 308 g/mol. The molecule has 0 aliphatic rings. The number of aromatic nitrogens is 2. The van der Waals surface area contributed by atoms with Gasteiger partial charge in [0.1, 0.15) is 5.82 Å². The van der Waals surface area contributed by atoms with Crippen LogP contribution in [0.2, 0.25) is 0 Å². The fourth-order valence-corrected chi connectivity index (χ4v) is 3.22. The van der Waals surface area contributed by atoms with E-state index in [1.165, 1.54) is 11.5 Å². The van der Waals surface area contributed by atoms with Crippen molar-refractivity contribution in [3.63, 3.8) is 0 Å². The van der Waals surface area contributed by atoms with E-state index in [0.29, 0.717) is 17.9 Å². The number of hydrogen-bond acceptors (Lipinski definition) is 6. The maximum atomic E-state index is 11.9. The summed E-state index contributed by atoms with van der Waals surface area (Å²) in [5.41, 5.74) is 8.15. The number of benzene rings is 1. The Labute approximate surface area is 126 Å². The van der Waals surface area contributed by atoms with Crippen LogP contribution in [0.1, 0.15) is 17.8 Å². The van der Waals surface area contributed by atoms with Crippen molar-refractivity contribution in [2.24, 2.45) is 0 Å². The zero-order chi connectivity index (χ0) is 14.5. The molecule has 0 bridgehead atoms. The molecule has 2 aromatic rings. The third-order valence-electron chi connectivity index (χ3n) is 2.71. The Kier molecular flexibility index (Phi) is 4.97. The molecule has 0 atom stereocenters. The number of nitrogens with one attached hydrogen (secondary N) is 1. The molecule has 20 heavy (non-hydrogen) atoms. The zero-order valence-corrected chi connectivity index (χ0v) is 13.0. The summed E-state index contributed by atoms with van der Waals surface area (Å²) in [6.45, 7) is 3.75. The van der Waals surface area contributed by atoms with E-state index in [1.807, 2.05) is 32.0 Å². The summed E-state index contributed by atoms with van der Waals surface area (Å²) in [7, 11) is 0. The monoisotopic (exact) mass is 308 g/mol. The van der Waals surface area contributed by atoms with Gasteiger partial charge in [-0.2, -0.15) is 4.37 Å². The number of rotatable bonds is 5. The second-order valence-corrected chi connectivity index (χ2v) is 6.37. The smallest absolute Gasteiger partial charge is 0.225 e. The van der Waals surface area contributed by atoms with E-state index >= 15 is 0 Å². The summed E-state index contributed by atoms with van der Waals surface area (Å²) in [6, 6.07) is 5.50. The van der Waals surface area contributed by atoms with E-state index in [4.69, 9.17) is 5.73 Å². The lowest BCUT2D eigenvalue weighted by atomic mass is 10.1. The second-order valence-electron chi connectivity index (χ2n) is 4.27. The minimum Gasteiger partial charge on any atom is -0.398 e. The minimum atomic E-state index is -0.0209. The molecule has 0 saturated carbocycles. The van der Waals surface area contributed by atoms with E-state index in [1.54, 1.807) is 11.8 Å². The highest BCUT2D eigenvalue weighted by atomic mass is 32.2. The van der Waals surface area contributed by atoms with E-state index < -0.39 is 0 Å². The lowest BCUT2D eigenvalue weighted by molar-refractivity contribution is -0.115. The molecule has 0 radical (unpaired) electrons. The summed E-state index contributed by atoms with van der Waals surface area (Å²) in [5, 5.41) is 2.88. The van der Waals surface area contributed by atoms with Crippen molar-refractivity contribution in [1.82, 2.24) is 9.36 Å². The Bertz CT molecular complexity index is 612. The first-order chi connectivity index (χ1) is 9.56. The number of thioether (sulfide) groups is 1. The van der Waals surface area contributed by atoms with Gasteiger partial charge in [0, 0.05) is 23.5 Å². The molecular formula is C13H16N4OS2. The highest BCUT2D eigenvalue weighted by molar-refractivity contribution is 8.00. The topological polar surface area (TPSA) is 80.9 Å². The molecule has 7 heteroatoms. The first-order valence-corrected chi connectivity index (χ1v) is 7.90. The molecule has 106 valence electrons. The van der Waals surface area contributed by atoms with Crippen LogP contribution in [0.25, 0.3) is 0 Å². The van der Waals surface area contributed by atoms with Gasteiger partial charge in [-0.05, 0) is 43.1 Å². The van der Waals surface area contributed by atoms with Crippen molar-refractivity contribution in [2.75, 3.05) is 16.8 Å². The number of nitrogens with zero attached hydrogens (tertiary/aromatic N) is 2. The molecule has 2 rings (SSSR count). The maximum absolute atomic E-state index is 11.9. The number of hydrogen-bond donors (Lipinski definition) is 2. The van der Waals surface area contributed by atoms with Crippen LogP contribution in [0.5, 0.6) is 0 Å². The van der Waals surface area contributed by atoms with Crippen LogP contribution in [-0.4, -0.2) is 21.0 Å². The van der Waals surface area contributed by atoms with Crippen LogP contribution in [0.15, 0.2) is 22.5 Å². The van der Waals surface area contributed by atoms with Crippen LogP contribution in [0, 0.1) is 13.8 Å². The summed E-state index contributed by atoms with van der Waals surface area (Å²) >= 11 is 2.91. The Hall–Kier alpha value is -1.60. The molecule has 1 amide bonds. The van der Waals surface area contributed by atoms with Gasteiger partial charge in [0.15, 0.2) is 4.34 Å². The van der Waals surface area contributed by atoms with Crippen molar-refractivity contribution >= 4 is 40.6 Å². The number of anilines is 2. The Balaban J connectivity index is 1.82. The first kappa shape index (κ1) is 14.8. The lowest BCUT2D eigenvalue weighted by Gasteiger charge is -2.09. The van der Waals surface area contributed by atoms with Crippen LogP contribution < -0.4 is 11.1 Å². The fraction of sp³-hybridized carbons (Fsp3) is 0.308. The van der Waals surface area contributed by atoms with Crippen LogP contribution in [0.3, 0.4) is 0 Å². The largest absolute Gasteiger partial charge is 0.398 e. The van der Waals surface area contributed by atoms with Gasteiger partial charge in [0.05, 0.1) is 0 Å². The molecule has 0 saturated heterocycles. The van der Waals surface area contributed by atoms with E-state index in [0.717, 1.165) is 21.4 Å². The fourth-order valence-electron chi connectivity index (χ4n) is 1.57. The highest BCUT2D eigenvalue weighted by Crippen LogP contribution is 2.22. The number of carbonyl (C=O) groups excluding carboxylic acids is 1. The van der Waals surface area contributed by atoms with Gasteiger partial charge in [0.2, 0.25) is 5.91 Å². The molecular weight excluding hydrogens is 292 g/mol. The second kappa shape index (κ2) is 6.71. The van der Waals surface area contributed by atoms with Gasteiger partial charge in [0.25, 0.3) is 0 Å². The molecule has 1 aromatic carbocycles. The Morgan fingerprint density at radius 3 is 2.95 bits per heavy atom. The average Bonchev–Trinajstić information content (AvgIpc) is 2.81. The predicted molar refractivity (Wildman–Crippen MR) is 84.2 cm³/mol. The van der Waals surface area contributed by atoms with Gasteiger partial charge < -0.3 is 11.1 Å². The number of carbonyl (C=O) groups is 1. The van der Waals surface area contributed by atoms with Crippen LogP contribution in [0.4, 0.5) is 11.4 Å². The molecule has 0 unspecified atom stereocenters. The molecule has 1 heterocycles. The third-order valence-corrected chi connectivity index (χ3v) is 4.64. The van der Waals surface area contributed by atoms with Crippen LogP contribution in [-0.2, 0) is 4.79 Å². The molecule has 0 aliphatic carbocycles. The van der Waals surface area contributed by atoms with Crippen molar-refractivity contribution in [2.45, 2.75) is 24.6 Å². The summed E-state index contributed by atoms with van der Waals surface area (Å²) in [5.74, 6) is 1.44. The molecule has 5 nitrogen and oxygen atoms in total. The van der Waals surface area contributed by atoms with Gasteiger partial charge in [-0.1, -0.05) is 17.8 Å². The third kappa shape index (κ3) is 3.94. The Morgan fingerprint density at radius 2 is 2.25 bits per heavy atom. The standard InChI is InChI=1S/C13H16N4OS2/c1-8-10(14)4-3-5-11(8)16-12(18)6-7-19-13-15-9(2)17-20-13/h3-5H,6-7,14H2,1-2H3,(H,16,18). The minimum absolute atomic E-state index is 0.0209. The summed E-state index contributed by atoms with van der Waals surface area (Å²) in [6.07, 6.45) is 0.428. The van der Waals surface area contributed by atoms with E-state index in [2.05, 4.69) is 14.7 Å². The van der Waals surface area contributed by atoms with Gasteiger partial charge in [-0.15, -0.1) is 0 Å². The number of amides is 1. The predicted octanol–water partition coefficient (Wildman–Crippen LogP) is 2.86. The first-order valence-electron chi connectivity index (χ1n) is 6.14.